The molecule has 0 spiro atoms. The zero-order valence-corrected chi connectivity index (χ0v) is 12.8. The first-order chi connectivity index (χ1) is 9.29. The van der Waals surface area contributed by atoms with Crippen LogP contribution in [0.25, 0.3) is 0 Å². The first-order valence-corrected chi connectivity index (χ1v) is 8.51. The van der Waals surface area contributed by atoms with Gasteiger partial charge in [-0.3, -0.25) is 0 Å². The molecule has 2 rings (SSSR count). The Balaban J connectivity index is 1.85. The summed E-state index contributed by atoms with van der Waals surface area (Å²) < 4.78 is 5.62. The van der Waals surface area contributed by atoms with Crippen LogP contribution in [0.4, 0.5) is 0 Å². The standard InChI is InChI=1S/C16H25NOS/c1-3-10-18-16-8-6-14(7-9-16)13(2)17-15-5-4-11-19-12-15/h6-9,13,15,17H,3-5,10-12H2,1-2H3. The summed E-state index contributed by atoms with van der Waals surface area (Å²) in [6.45, 7) is 5.18. The number of nitrogens with one attached hydrogen (secondary N) is 1. The molecule has 1 saturated heterocycles. The molecule has 106 valence electrons. The number of hydrogen-bond donors (Lipinski definition) is 1. The van der Waals surface area contributed by atoms with Gasteiger partial charge in [0, 0.05) is 17.8 Å². The predicted molar refractivity (Wildman–Crippen MR) is 84.1 cm³/mol. The fourth-order valence-corrected chi connectivity index (χ4v) is 3.48. The van der Waals surface area contributed by atoms with Gasteiger partial charge in [-0.1, -0.05) is 19.1 Å². The molecule has 0 radical (unpaired) electrons. The Morgan fingerprint density at radius 3 is 2.79 bits per heavy atom. The molecular formula is C16H25NOS. The van der Waals surface area contributed by atoms with E-state index in [4.69, 9.17) is 4.74 Å². The Kier molecular flexibility index (Phi) is 6.05. The summed E-state index contributed by atoms with van der Waals surface area (Å²) in [6.07, 6.45) is 3.72. The van der Waals surface area contributed by atoms with E-state index in [-0.39, 0.29) is 0 Å². The van der Waals surface area contributed by atoms with Crippen LogP contribution in [0.15, 0.2) is 24.3 Å². The summed E-state index contributed by atoms with van der Waals surface area (Å²) in [5.74, 6) is 3.56. The van der Waals surface area contributed by atoms with Gasteiger partial charge in [-0.25, -0.2) is 0 Å². The number of thioether (sulfide) groups is 1. The molecule has 2 atom stereocenters. The summed E-state index contributed by atoms with van der Waals surface area (Å²) >= 11 is 2.07. The monoisotopic (exact) mass is 279 g/mol. The number of rotatable bonds is 6. The van der Waals surface area contributed by atoms with Crippen molar-refractivity contribution in [1.29, 1.82) is 0 Å². The SMILES string of the molecule is CCCOc1ccc(C(C)NC2CCCSC2)cc1. The molecule has 0 amide bonds. The lowest BCUT2D eigenvalue weighted by atomic mass is 10.1. The second kappa shape index (κ2) is 7.81. The van der Waals surface area contributed by atoms with E-state index in [1.807, 2.05) is 0 Å². The Labute approximate surface area is 121 Å². The minimum atomic E-state index is 0.420. The Morgan fingerprint density at radius 1 is 1.37 bits per heavy atom. The third kappa shape index (κ3) is 4.73. The van der Waals surface area contributed by atoms with Gasteiger partial charge in [0.1, 0.15) is 5.75 Å². The van der Waals surface area contributed by atoms with Crippen molar-refractivity contribution in [3.05, 3.63) is 29.8 Å². The Morgan fingerprint density at radius 2 is 2.16 bits per heavy atom. The third-order valence-corrected chi connectivity index (χ3v) is 4.71. The average Bonchev–Trinajstić information content (AvgIpc) is 2.46. The molecule has 1 aromatic rings. The molecule has 3 heteroatoms. The second-order valence-electron chi connectivity index (χ2n) is 5.22. The van der Waals surface area contributed by atoms with E-state index < -0.39 is 0 Å². The molecule has 1 aliphatic heterocycles. The zero-order chi connectivity index (χ0) is 13.5. The van der Waals surface area contributed by atoms with Gasteiger partial charge >= 0.3 is 0 Å². The lowest BCUT2D eigenvalue weighted by molar-refractivity contribution is 0.317. The molecule has 1 N–H and O–H groups in total. The summed E-state index contributed by atoms with van der Waals surface area (Å²) in [5.41, 5.74) is 1.35. The molecule has 2 nitrogen and oxygen atoms in total. The molecule has 2 unspecified atom stereocenters. The highest BCUT2D eigenvalue weighted by molar-refractivity contribution is 7.99. The number of hydrogen-bond acceptors (Lipinski definition) is 3. The lowest BCUT2D eigenvalue weighted by Gasteiger charge is -2.26. The van der Waals surface area contributed by atoms with Crippen LogP contribution < -0.4 is 10.1 Å². The fourth-order valence-electron chi connectivity index (χ4n) is 2.39. The maximum Gasteiger partial charge on any atom is 0.119 e. The molecule has 0 aliphatic carbocycles. The first kappa shape index (κ1) is 14.7. The van der Waals surface area contributed by atoms with Crippen molar-refractivity contribution in [2.75, 3.05) is 18.1 Å². The van der Waals surface area contributed by atoms with Gasteiger partial charge in [-0.05, 0) is 49.6 Å². The van der Waals surface area contributed by atoms with E-state index in [1.165, 1.54) is 29.9 Å². The van der Waals surface area contributed by atoms with Crippen LogP contribution >= 0.6 is 11.8 Å². The first-order valence-electron chi connectivity index (χ1n) is 7.36. The molecule has 1 aromatic carbocycles. The van der Waals surface area contributed by atoms with Gasteiger partial charge in [0.25, 0.3) is 0 Å². The highest BCUT2D eigenvalue weighted by atomic mass is 32.2. The van der Waals surface area contributed by atoms with Crippen LogP contribution in [0, 0.1) is 0 Å². The zero-order valence-electron chi connectivity index (χ0n) is 12.0. The molecule has 1 aliphatic rings. The molecule has 0 saturated carbocycles. The van der Waals surface area contributed by atoms with Crippen molar-refractivity contribution < 1.29 is 4.74 Å². The van der Waals surface area contributed by atoms with Crippen molar-refractivity contribution in [2.24, 2.45) is 0 Å². The topological polar surface area (TPSA) is 21.3 Å². The van der Waals surface area contributed by atoms with E-state index in [1.54, 1.807) is 0 Å². The van der Waals surface area contributed by atoms with Crippen LogP contribution in [0.5, 0.6) is 5.75 Å². The normalized spacial score (nSPS) is 21.1. The molecule has 0 aromatic heterocycles. The third-order valence-electron chi connectivity index (χ3n) is 3.50. The Hall–Kier alpha value is -0.670. The minimum absolute atomic E-state index is 0.420. The van der Waals surface area contributed by atoms with E-state index in [2.05, 4.69) is 55.2 Å². The van der Waals surface area contributed by atoms with Gasteiger partial charge in [0.2, 0.25) is 0 Å². The molecule has 0 bridgehead atoms. The van der Waals surface area contributed by atoms with Crippen LogP contribution in [0.1, 0.15) is 44.7 Å². The smallest absolute Gasteiger partial charge is 0.119 e. The lowest BCUT2D eigenvalue weighted by Crippen LogP contribution is -2.35. The molecule has 1 fully saturated rings. The Bertz CT molecular complexity index is 360. The summed E-state index contributed by atoms with van der Waals surface area (Å²) in [7, 11) is 0. The van der Waals surface area contributed by atoms with E-state index in [0.29, 0.717) is 12.1 Å². The van der Waals surface area contributed by atoms with Crippen LogP contribution in [0.3, 0.4) is 0 Å². The average molecular weight is 279 g/mol. The highest BCUT2D eigenvalue weighted by Crippen LogP contribution is 2.22. The highest BCUT2D eigenvalue weighted by Gasteiger charge is 2.16. The fraction of sp³-hybridized carbons (Fsp3) is 0.625. The number of benzene rings is 1. The van der Waals surface area contributed by atoms with Gasteiger partial charge in [-0.15, -0.1) is 0 Å². The minimum Gasteiger partial charge on any atom is -0.494 e. The quantitative estimate of drug-likeness (QED) is 0.849. The van der Waals surface area contributed by atoms with Crippen molar-refractivity contribution in [2.45, 2.75) is 45.2 Å². The van der Waals surface area contributed by atoms with Gasteiger partial charge in [-0.2, -0.15) is 11.8 Å². The summed E-state index contributed by atoms with van der Waals surface area (Å²) in [6, 6.07) is 9.61. The van der Waals surface area contributed by atoms with Crippen molar-refractivity contribution in [3.63, 3.8) is 0 Å². The van der Waals surface area contributed by atoms with Gasteiger partial charge in [0.15, 0.2) is 0 Å². The largest absolute Gasteiger partial charge is 0.494 e. The molecule has 1 heterocycles. The van der Waals surface area contributed by atoms with E-state index in [9.17, 15) is 0 Å². The van der Waals surface area contributed by atoms with Crippen LogP contribution in [-0.2, 0) is 0 Å². The van der Waals surface area contributed by atoms with E-state index >= 15 is 0 Å². The maximum atomic E-state index is 5.62. The second-order valence-corrected chi connectivity index (χ2v) is 6.37. The summed E-state index contributed by atoms with van der Waals surface area (Å²) in [4.78, 5) is 0. The van der Waals surface area contributed by atoms with Gasteiger partial charge < -0.3 is 10.1 Å². The van der Waals surface area contributed by atoms with Crippen molar-refractivity contribution in [3.8, 4) is 5.75 Å². The van der Waals surface area contributed by atoms with Crippen molar-refractivity contribution in [1.82, 2.24) is 5.32 Å². The van der Waals surface area contributed by atoms with Gasteiger partial charge in [0.05, 0.1) is 6.61 Å². The summed E-state index contributed by atoms with van der Waals surface area (Å²) in [5, 5.41) is 3.74. The van der Waals surface area contributed by atoms with E-state index in [0.717, 1.165) is 18.8 Å². The van der Waals surface area contributed by atoms with Crippen molar-refractivity contribution >= 4 is 11.8 Å². The maximum absolute atomic E-state index is 5.62. The molecular weight excluding hydrogens is 254 g/mol. The predicted octanol–water partition coefficient (Wildman–Crippen LogP) is 4.02. The van der Waals surface area contributed by atoms with Crippen LogP contribution in [-0.4, -0.2) is 24.2 Å². The molecule has 19 heavy (non-hydrogen) atoms. The number of ether oxygens (including phenoxy) is 1. The van der Waals surface area contributed by atoms with Crippen LogP contribution in [0.2, 0.25) is 0 Å².